The Hall–Kier alpha value is -1.46. The van der Waals surface area contributed by atoms with Gasteiger partial charge in [-0.2, -0.15) is 0 Å². The molecule has 3 rings (SSSR count). The monoisotopic (exact) mass is 290 g/mol. The number of carbonyl (C=O) groups excluding carboxylic acids is 1. The molecule has 1 atom stereocenters. The second-order valence-electron chi connectivity index (χ2n) is 4.70. The van der Waals surface area contributed by atoms with Crippen LogP contribution in [0.4, 0.5) is 0 Å². The van der Waals surface area contributed by atoms with Gasteiger partial charge in [-0.1, -0.05) is 30.4 Å². The summed E-state index contributed by atoms with van der Waals surface area (Å²) in [6.07, 6.45) is 1.85. The molecule has 5 heteroatoms. The van der Waals surface area contributed by atoms with Gasteiger partial charge in [0.05, 0.1) is 16.6 Å². The predicted molar refractivity (Wildman–Crippen MR) is 82.7 cm³/mol. The Morgan fingerprint density at radius 1 is 1.42 bits per heavy atom. The first kappa shape index (κ1) is 12.6. The molecular weight excluding hydrogens is 276 g/mol. The molecule has 1 aromatic heterocycles. The number of likely N-dealkylation sites (tertiary alicyclic amines) is 1. The maximum atomic E-state index is 12.7. The number of nitrogens with two attached hydrogens (primary N) is 1. The molecule has 19 heavy (non-hydrogen) atoms. The zero-order valence-electron chi connectivity index (χ0n) is 10.3. The lowest BCUT2D eigenvalue weighted by atomic mass is 10.1. The van der Waals surface area contributed by atoms with Crippen molar-refractivity contribution in [3.05, 3.63) is 35.2 Å². The third-order valence-corrected chi connectivity index (χ3v) is 4.79. The van der Waals surface area contributed by atoms with E-state index in [0.717, 1.165) is 35.0 Å². The van der Waals surface area contributed by atoms with Crippen LogP contribution >= 0.6 is 23.6 Å². The molecule has 0 spiro atoms. The first-order valence-electron chi connectivity index (χ1n) is 6.25. The summed E-state index contributed by atoms with van der Waals surface area (Å²) in [4.78, 5) is 14.9. The minimum absolute atomic E-state index is 0.0488. The highest BCUT2D eigenvalue weighted by molar-refractivity contribution is 7.80. The van der Waals surface area contributed by atoms with Crippen molar-refractivity contribution < 1.29 is 4.79 Å². The summed E-state index contributed by atoms with van der Waals surface area (Å²) >= 11 is 6.66. The van der Waals surface area contributed by atoms with E-state index in [2.05, 4.69) is 0 Å². The lowest BCUT2D eigenvalue weighted by Crippen LogP contribution is -2.42. The molecule has 98 valence electrons. The van der Waals surface area contributed by atoms with E-state index < -0.39 is 0 Å². The first-order chi connectivity index (χ1) is 9.18. The number of hydrogen-bond donors (Lipinski definition) is 1. The summed E-state index contributed by atoms with van der Waals surface area (Å²) in [7, 11) is 0. The third kappa shape index (κ3) is 2.13. The summed E-state index contributed by atoms with van der Waals surface area (Å²) in [5.41, 5.74) is 6.50. The van der Waals surface area contributed by atoms with E-state index in [0.29, 0.717) is 4.99 Å². The number of thiophene rings is 1. The van der Waals surface area contributed by atoms with Crippen molar-refractivity contribution in [2.75, 3.05) is 6.54 Å². The van der Waals surface area contributed by atoms with Crippen LogP contribution in [0, 0.1) is 0 Å². The SMILES string of the molecule is NC(=S)C1CCCN1C(=O)c1csc2ccccc12. The normalized spacial score (nSPS) is 18.9. The van der Waals surface area contributed by atoms with Crippen molar-refractivity contribution in [3.8, 4) is 0 Å². The Morgan fingerprint density at radius 3 is 3.00 bits per heavy atom. The molecule has 0 aliphatic carbocycles. The summed E-state index contributed by atoms with van der Waals surface area (Å²) in [5.74, 6) is 0.0488. The quantitative estimate of drug-likeness (QED) is 0.865. The average molecular weight is 290 g/mol. The fourth-order valence-corrected chi connectivity index (χ4v) is 3.78. The van der Waals surface area contributed by atoms with Crippen LogP contribution in [-0.4, -0.2) is 28.4 Å². The maximum Gasteiger partial charge on any atom is 0.255 e. The number of carbonyl (C=O) groups is 1. The van der Waals surface area contributed by atoms with Crippen molar-refractivity contribution in [3.63, 3.8) is 0 Å². The summed E-state index contributed by atoms with van der Waals surface area (Å²) < 4.78 is 1.14. The van der Waals surface area contributed by atoms with Gasteiger partial charge in [-0.05, 0) is 18.9 Å². The van der Waals surface area contributed by atoms with E-state index in [-0.39, 0.29) is 11.9 Å². The number of hydrogen-bond acceptors (Lipinski definition) is 3. The fourth-order valence-electron chi connectivity index (χ4n) is 2.60. The van der Waals surface area contributed by atoms with Crippen LogP contribution in [0.3, 0.4) is 0 Å². The minimum Gasteiger partial charge on any atom is -0.392 e. The maximum absolute atomic E-state index is 12.7. The van der Waals surface area contributed by atoms with E-state index in [9.17, 15) is 4.79 Å². The lowest BCUT2D eigenvalue weighted by Gasteiger charge is -2.23. The second kappa shape index (κ2) is 4.90. The van der Waals surface area contributed by atoms with Crippen LogP contribution in [0.1, 0.15) is 23.2 Å². The van der Waals surface area contributed by atoms with Crippen molar-refractivity contribution in [1.82, 2.24) is 4.90 Å². The number of rotatable bonds is 2. The number of thiocarbonyl (C=S) groups is 1. The third-order valence-electron chi connectivity index (χ3n) is 3.55. The van der Waals surface area contributed by atoms with Crippen molar-refractivity contribution in [1.29, 1.82) is 0 Å². The van der Waals surface area contributed by atoms with Gasteiger partial charge in [-0.25, -0.2) is 0 Å². The van der Waals surface area contributed by atoms with E-state index in [1.807, 2.05) is 34.5 Å². The highest BCUT2D eigenvalue weighted by atomic mass is 32.1. The Labute approximate surface area is 121 Å². The predicted octanol–water partition coefficient (Wildman–Crippen LogP) is 2.79. The molecule has 1 aromatic carbocycles. The minimum atomic E-state index is -0.0823. The Kier molecular flexibility index (Phi) is 3.24. The van der Waals surface area contributed by atoms with Gasteiger partial charge in [-0.3, -0.25) is 4.79 Å². The van der Waals surface area contributed by atoms with Gasteiger partial charge in [0.15, 0.2) is 0 Å². The van der Waals surface area contributed by atoms with Crippen LogP contribution in [0.5, 0.6) is 0 Å². The Balaban J connectivity index is 1.98. The van der Waals surface area contributed by atoms with Gasteiger partial charge < -0.3 is 10.6 Å². The zero-order chi connectivity index (χ0) is 13.4. The summed E-state index contributed by atoms with van der Waals surface area (Å²) in [6.45, 7) is 0.741. The molecule has 1 aliphatic rings. The van der Waals surface area contributed by atoms with Gasteiger partial charge in [0, 0.05) is 22.0 Å². The molecule has 1 fully saturated rings. The number of benzene rings is 1. The van der Waals surface area contributed by atoms with Crippen LogP contribution in [0.15, 0.2) is 29.6 Å². The van der Waals surface area contributed by atoms with Crippen LogP contribution < -0.4 is 5.73 Å². The summed E-state index contributed by atoms with van der Waals surface area (Å²) in [6, 6.07) is 7.89. The Morgan fingerprint density at radius 2 is 2.21 bits per heavy atom. The molecule has 2 N–H and O–H groups in total. The summed E-state index contributed by atoms with van der Waals surface area (Å²) in [5, 5.41) is 2.95. The van der Waals surface area contributed by atoms with Gasteiger partial charge >= 0.3 is 0 Å². The molecule has 1 aliphatic heterocycles. The van der Waals surface area contributed by atoms with Crippen molar-refractivity contribution in [2.24, 2.45) is 5.73 Å². The topological polar surface area (TPSA) is 46.3 Å². The fraction of sp³-hybridized carbons (Fsp3) is 0.286. The van der Waals surface area contributed by atoms with E-state index in [1.54, 1.807) is 11.3 Å². The van der Waals surface area contributed by atoms with Gasteiger partial charge in [0.25, 0.3) is 5.91 Å². The molecular formula is C14H14N2OS2. The van der Waals surface area contributed by atoms with Gasteiger partial charge in [-0.15, -0.1) is 11.3 Å². The largest absolute Gasteiger partial charge is 0.392 e. The zero-order valence-corrected chi connectivity index (χ0v) is 12.0. The Bertz CT molecular complexity index is 650. The van der Waals surface area contributed by atoms with Crippen molar-refractivity contribution >= 4 is 44.5 Å². The molecule has 2 aromatic rings. The molecule has 0 saturated carbocycles. The molecule has 3 nitrogen and oxygen atoms in total. The van der Waals surface area contributed by atoms with Crippen LogP contribution in [0.2, 0.25) is 0 Å². The van der Waals surface area contributed by atoms with E-state index in [4.69, 9.17) is 18.0 Å². The smallest absolute Gasteiger partial charge is 0.255 e. The van der Waals surface area contributed by atoms with Gasteiger partial charge in [0.2, 0.25) is 0 Å². The molecule has 2 heterocycles. The van der Waals surface area contributed by atoms with E-state index in [1.165, 1.54) is 0 Å². The highest BCUT2D eigenvalue weighted by Crippen LogP contribution is 2.29. The molecule has 1 amide bonds. The number of nitrogens with zero attached hydrogens (tertiary/aromatic N) is 1. The molecule has 0 bridgehead atoms. The average Bonchev–Trinajstić information content (AvgIpc) is 3.05. The highest BCUT2D eigenvalue weighted by Gasteiger charge is 2.32. The standard InChI is InChI=1S/C14H14N2OS2/c15-13(18)11-5-3-7-16(11)14(17)10-8-19-12-6-2-1-4-9(10)12/h1-2,4,6,8,11H,3,5,7H2,(H2,15,18). The molecule has 1 saturated heterocycles. The number of amides is 1. The van der Waals surface area contributed by atoms with Crippen LogP contribution in [-0.2, 0) is 0 Å². The van der Waals surface area contributed by atoms with E-state index >= 15 is 0 Å². The van der Waals surface area contributed by atoms with Crippen LogP contribution in [0.25, 0.3) is 10.1 Å². The second-order valence-corrected chi connectivity index (χ2v) is 6.09. The first-order valence-corrected chi connectivity index (χ1v) is 7.54. The van der Waals surface area contributed by atoms with Gasteiger partial charge in [0.1, 0.15) is 0 Å². The van der Waals surface area contributed by atoms with Crippen molar-refractivity contribution in [2.45, 2.75) is 18.9 Å². The lowest BCUT2D eigenvalue weighted by molar-refractivity contribution is 0.0773. The molecule has 0 radical (unpaired) electrons. The molecule has 1 unspecified atom stereocenters. The number of fused-ring (bicyclic) bond motifs is 1.